The zero-order valence-electron chi connectivity index (χ0n) is 21.3. The van der Waals surface area contributed by atoms with Gasteiger partial charge in [-0.05, 0) is 60.7 Å². The Balaban J connectivity index is 1.83. The first kappa shape index (κ1) is 32.5. The normalized spacial score (nSPS) is 13.3. The Bertz CT molecular complexity index is 2340. The van der Waals surface area contributed by atoms with Crippen molar-refractivity contribution in [3.8, 4) is 5.75 Å². The summed E-state index contributed by atoms with van der Waals surface area (Å²) in [6.07, 6.45) is 0. The Morgan fingerprint density at radius 2 is 1.11 bits per heavy atom. The van der Waals surface area contributed by atoms with Gasteiger partial charge in [-0.3, -0.25) is 18.2 Å². The minimum absolute atomic E-state index is 0.0815. The number of azo groups is 2. The van der Waals surface area contributed by atoms with Gasteiger partial charge in [0.15, 0.2) is 5.75 Å². The zero-order valence-corrected chi connectivity index (χ0v) is 24.5. The van der Waals surface area contributed by atoms with E-state index >= 15 is 0 Å². The highest BCUT2D eigenvalue weighted by molar-refractivity contribution is 7.87. The van der Waals surface area contributed by atoms with E-state index in [1.807, 2.05) is 0 Å². The van der Waals surface area contributed by atoms with Crippen LogP contribution in [0.1, 0.15) is 0 Å². The van der Waals surface area contributed by atoms with Gasteiger partial charge in [0.1, 0.15) is 26.1 Å². The van der Waals surface area contributed by atoms with Crippen LogP contribution in [0.15, 0.2) is 101 Å². The summed E-state index contributed by atoms with van der Waals surface area (Å²) in [5.41, 5.74) is 3.36. The third-order valence-corrected chi connectivity index (χ3v) is 9.23. The number of hydrogen-bond acceptors (Lipinski definition) is 14. The van der Waals surface area contributed by atoms with Crippen molar-refractivity contribution in [1.29, 1.82) is 0 Å². The molecule has 0 amide bonds. The average molecular weight is 688 g/mol. The van der Waals surface area contributed by atoms with Gasteiger partial charge in [0.25, 0.3) is 40.5 Å². The second kappa shape index (κ2) is 11.3. The molecule has 4 aromatic rings. The van der Waals surface area contributed by atoms with Crippen LogP contribution in [0.4, 0.5) is 28.4 Å². The van der Waals surface area contributed by atoms with Crippen LogP contribution in [0, 0.1) is 0 Å². The molecule has 18 nitrogen and oxygen atoms in total. The topological polar surface area (TPSA) is 313 Å². The van der Waals surface area contributed by atoms with Gasteiger partial charge in [-0.25, -0.2) is 0 Å². The van der Waals surface area contributed by atoms with Gasteiger partial charge in [-0.1, -0.05) is 0 Å². The zero-order chi connectivity index (χ0) is 32.8. The average Bonchev–Trinajstić information content (AvgIpc) is 2.89. The number of nitrogen functional groups attached to an aromatic ring is 1. The van der Waals surface area contributed by atoms with Crippen molar-refractivity contribution in [3.63, 3.8) is 0 Å². The maximum Gasteiger partial charge on any atom is 0.297 e. The lowest BCUT2D eigenvalue weighted by molar-refractivity contribution is 0.471. The predicted octanol–water partition coefficient (Wildman–Crippen LogP) is 3.95. The van der Waals surface area contributed by atoms with E-state index in [-0.39, 0.29) is 11.4 Å². The summed E-state index contributed by atoms with van der Waals surface area (Å²) < 4.78 is 133. The molecular formula is C22H17N5O13S4. The molecule has 7 N–H and O–H groups in total. The molecule has 0 bridgehead atoms. The molecule has 0 radical (unpaired) electrons. The van der Waals surface area contributed by atoms with E-state index in [4.69, 9.17) is 10.3 Å². The molecule has 0 aliphatic carbocycles. The van der Waals surface area contributed by atoms with Gasteiger partial charge in [0.05, 0.1) is 22.0 Å². The number of phenolic OH excluding ortho intramolecular Hbond substituents is 1. The number of aromatic hydroxyl groups is 1. The van der Waals surface area contributed by atoms with E-state index in [0.29, 0.717) is 6.07 Å². The lowest BCUT2D eigenvalue weighted by Gasteiger charge is -2.12. The van der Waals surface area contributed by atoms with Crippen molar-refractivity contribution in [3.05, 3.63) is 60.7 Å². The summed E-state index contributed by atoms with van der Waals surface area (Å²) in [5.74, 6) is -1.07. The van der Waals surface area contributed by atoms with Crippen LogP contribution in [0.5, 0.6) is 5.75 Å². The Morgan fingerprint density at radius 1 is 0.545 bits per heavy atom. The minimum atomic E-state index is -5.29. The smallest absolute Gasteiger partial charge is 0.297 e. The number of fused-ring (bicyclic) bond motifs is 1. The van der Waals surface area contributed by atoms with Gasteiger partial charge in [0.2, 0.25) is 0 Å². The number of benzene rings is 4. The highest BCUT2D eigenvalue weighted by Gasteiger charge is 2.27. The second-order valence-corrected chi connectivity index (χ2v) is 14.2. The predicted molar refractivity (Wildman–Crippen MR) is 151 cm³/mol. The largest absolute Gasteiger partial charge is 0.505 e. The molecular weight excluding hydrogens is 671 g/mol. The van der Waals surface area contributed by atoms with Gasteiger partial charge >= 0.3 is 0 Å². The van der Waals surface area contributed by atoms with Crippen molar-refractivity contribution in [2.75, 3.05) is 5.73 Å². The first-order valence-electron chi connectivity index (χ1n) is 11.2. The van der Waals surface area contributed by atoms with Crippen molar-refractivity contribution in [2.24, 2.45) is 20.5 Å². The molecule has 0 heterocycles. The number of nitrogens with zero attached hydrogens (tertiary/aromatic N) is 4. The molecule has 0 unspecified atom stereocenters. The third kappa shape index (κ3) is 6.87. The summed E-state index contributed by atoms with van der Waals surface area (Å²) in [6, 6.07) is 9.81. The first-order valence-corrected chi connectivity index (χ1v) is 17.0. The number of phenols is 1. The summed E-state index contributed by atoms with van der Waals surface area (Å²) in [7, 11) is -19.9. The van der Waals surface area contributed by atoms with Crippen LogP contribution >= 0.6 is 0 Å². The van der Waals surface area contributed by atoms with Crippen molar-refractivity contribution < 1.29 is 57.0 Å². The number of rotatable bonds is 8. The van der Waals surface area contributed by atoms with Crippen LogP contribution < -0.4 is 5.73 Å². The van der Waals surface area contributed by atoms with Crippen LogP contribution in [-0.4, -0.2) is 57.0 Å². The summed E-state index contributed by atoms with van der Waals surface area (Å²) in [4.78, 5) is -3.53. The molecule has 44 heavy (non-hydrogen) atoms. The summed E-state index contributed by atoms with van der Waals surface area (Å²) >= 11 is 0. The van der Waals surface area contributed by atoms with Gasteiger partial charge < -0.3 is 10.8 Å². The maximum atomic E-state index is 12.1. The van der Waals surface area contributed by atoms with Crippen molar-refractivity contribution >= 4 is 79.7 Å². The highest BCUT2D eigenvalue weighted by atomic mass is 32.2. The Kier molecular flexibility index (Phi) is 8.31. The molecule has 0 saturated heterocycles. The van der Waals surface area contributed by atoms with Crippen LogP contribution in [0.3, 0.4) is 0 Å². The van der Waals surface area contributed by atoms with E-state index in [0.717, 1.165) is 42.5 Å². The first-order chi connectivity index (χ1) is 20.2. The number of nitrogens with two attached hydrogens (primary N) is 1. The Hall–Kier alpha value is -4.42. The van der Waals surface area contributed by atoms with E-state index < -0.39 is 93.6 Å². The van der Waals surface area contributed by atoms with Crippen molar-refractivity contribution in [2.45, 2.75) is 19.6 Å². The van der Waals surface area contributed by atoms with E-state index in [9.17, 15) is 52.4 Å². The molecule has 4 rings (SSSR count). The summed E-state index contributed by atoms with van der Waals surface area (Å²) in [5, 5.41) is 24.4. The van der Waals surface area contributed by atoms with Crippen LogP contribution in [-0.2, 0) is 40.5 Å². The number of hydrogen-bond donors (Lipinski definition) is 6. The fraction of sp³-hybridized carbons (Fsp3) is 0. The molecule has 232 valence electrons. The summed E-state index contributed by atoms with van der Waals surface area (Å²) in [6.45, 7) is 0. The van der Waals surface area contributed by atoms with Gasteiger partial charge in [-0.15, -0.1) is 10.2 Å². The second-order valence-electron chi connectivity index (χ2n) is 8.60. The molecule has 0 aromatic heterocycles. The molecule has 22 heteroatoms. The molecule has 0 spiro atoms. The Labute approximate surface area is 248 Å². The molecule has 0 aliphatic heterocycles. The lowest BCUT2D eigenvalue weighted by atomic mass is 10.1. The van der Waals surface area contributed by atoms with Crippen molar-refractivity contribution in [1.82, 2.24) is 0 Å². The quantitative estimate of drug-likeness (QED) is 0.0868. The third-order valence-electron chi connectivity index (χ3n) is 5.65. The Morgan fingerprint density at radius 3 is 1.66 bits per heavy atom. The lowest BCUT2D eigenvalue weighted by Crippen LogP contribution is -2.06. The molecule has 0 atom stereocenters. The van der Waals surface area contributed by atoms with E-state index in [1.54, 1.807) is 0 Å². The monoisotopic (exact) mass is 687 g/mol. The van der Waals surface area contributed by atoms with Gasteiger partial charge in [0, 0.05) is 10.8 Å². The van der Waals surface area contributed by atoms with E-state index in [2.05, 4.69) is 20.5 Å². The van der Waals surface area contributed by atoms with Crippen LogP contribution in [0.2, 0.25) is 0 Å². The SMILES string of the molecule is Nc1ccc2c(O)c(N=Nc3ccc(N=Nc4ccc(S(=O)(=O)O)cc4)cc3S(=O)(=O)O)c(S(=O)(=O)O)cc2c1S(=O)(=O)O. The maximum absolute atomic E-state index is 12.1. The van der Waals surface area contributed by atoms with E-state index in [1.165, 1.54) is 12.1 Å². The molecule has 0 saturated carbocycles. The fourth-order valence-corrected chi connectivity index (χ4v) is 6.33. The minimum Gasteiger partial charge on any atom is -0.505 e. The molecule has 0 fully saturated rings. The highest BCUT2D eigenvalue weighted by Crippen LogP contribution is 2.44. The number of anilines is 1. The standard InChI is InChI=1S/C22H17N5O13S4/c23-16-7-6-14-15(22(16)44(38,39)40)10-19(43(35,36)37)20(21(14)28)27-26-17-8-3-12(9-18(17)42(32,33)34)25-24-11-1-4-13(5-2-11)41(29,30)31/h1-10,28H,23H2,(H,29,30,31)(H,32,33,34)(H,35,36,37)(H,38,39,40). The van der Waals surface area contributed by atoms with Gasteiger partial charge in [-0.2, -0.15) is 43.9 Å². The fourth-order valence-electron chi connectivity index (χ4n) is 3.75. The van der Waals surface area contributed by atoms with Crippen LogP contribution in [0.25, 0.3) is 10.8 Å². The molecule has 0 aliphatic rings. The molecule has 4 aromatic carbocycles.